The number of nitrogens with one attached hydrogen (secondary N) is 2. The van der Waals surface area contributed by atoms with Gasteiger partial charge in [-0.05, 0) is 64.9 Å². The molecule has 1 unspecified atom stereocenters. The molecule has 2 aromatic rings. The normalized spacial score (nSPS) is 15.2. The Morgan fingerprint density at radius 2 is 2.05 bits per heavy atom. The van der Waals surface area contributed by atoms with E-state index in [9.17, 15) is 4.79 Å². The summed E-state index contributed by atoms with van der Waals surface area (Å²) in [4.78, 5) is 12.0. The van der Waals surface area contributed by atoms with Crippen LogP contribution in [0.4, 0.5) is 0 Å². The van der Waals surface area contributed by atoms with Crippen LogP contribution in [0.5, 0.6) is 0 Å². The van der Waals surface area contributed by atoms with E-state index in [1.165, 1.54) is 9.13 Å². The van der Waals surface area contributed by atoms with E-state index < -0.39 is 0 Å². The predicted octanol–water partition coefficient (Wildman–Crippen LogP) is 2.89. The Bertz CT molecular complexity index is 684. The molecule has 1 aliphatic rings. The SMILES string of the molecule is CNC(c1ccc2c(c1)C(=O)NCC2)c1ccccc1I. The van der Waals surface area contributed by atoms with E-state index >= 15 is 0 Å². The van der Waals surface area contributed by atoms with Crippen molar-refractivity contribution in [3.05, 3.63) is 68.3 Å². The van der Waals surface area contributed by atoms with Crippen LogP contribution >= 0.6 is 22.6 Å². The van der Waals surface area contributed by atoms with Crippen molar-refractivity contribution in [2.24, 2.45) is 0 Å². The van der Waals surface area contributed by atoms with E-state index in [0.717, 1.165) is 29.7 Å². The molecular weight excluding hydrogens is 375 g/mol. The van der Waals surface area contributed by atoms with Crippen molar-refractivity contribution in [2.45, 2.75) is 12.5 Å². The quantitative estimate of drug-likeness (QED) is 0.789. The van der Waals surface area contributed by atoms with Gasteiger partial charge in [-0.3, -0.25) is 4.79 Å². The van der Waals surface area contributed by atoms with Crippen LogP contribution in [0, 0.1) is 3.57 Å². The van der Waals surface area contributed by atoms with Crippen molar-refractivity contribution in [2.75, 3.05) is 13.6 Å². The van der Waals surface area contributed by atoms with Gasteiger partial charge >= 0.3 is 0 Å². The zero-order valence-corrected chi connectivity index (χ0v) is 14.0. The van der Waals surface area contributed by atoms with Gasteiger partial charge in [-0.1, -0.05) is 30.3 Å². The van der Waals surface area contributed by atoms with Crippen LogP contribution in [0.2, 0.25) is 0 Å². The van der Waals surface area contributed by atoms with E-state index in [-0.39, 0.29) is 11.9 Å². The second-order valence-corrected chi connectivity index (χ2v) is 6.33. The molecular formula is C17H17IN2O. The first-order valence-electron chi connectivity index (χ1n) is 7.03. The summed E-state index contributed by atoms with van der Waals surface area (Å²) in [5, 5.41) is 6.27. The minimum Gasteiger partial charge on any atom is -0.352 e. The average Bonchev–Trinajstić information content (AvgIpc) is 2.51. The molecule has 0 spiro atoms. The summed E-state index contributed by atoms with van der Waals surface area (Å²) in [6, 6.07) is 14.6. The molecule has 0 radical (unpaired) electrons. The summed E-state index contributed by atoms with van der Waals surface area (Å²) < 4.78 is 1.22. The molecule has 1 atom stereocenters. The van der Waals surface area contributed by atoms with Crippen LogP contribution in [0.15, 0.2) is 42.5 Å². The van der Waals surface area contributed by atoms with Crippen molar-refractivity contribution in [1.82, 2.24) is 10.6 Å². The van der Waals surface area contributed by atoms with E-state index in [1.54, 1.807) is 0 Å². The van der Waals surface area contributed by atoms with Gasteiger partial charge in [-0.25, -0.2) is 0 Å². The molecule has 3 rings (SSSR count). The zero-order valence-electron chi connectivity index (χ0n) is 11.8. The highest BCUT2D eigenvalue weighted by atomic mass is 127. The maximum atomic E-state index is 12.0. The Morgan fingerprint density at radius 1 is 1.24 bits per heavy atom. The first-order valence-corrected chi connectivity index (χ1v) is 8.11. The Morgan fingerprint density at radius 3 is 2.81 bits per heavy atom. The van der Waals surface area contributed by atoms with Crippen molar-refractivity contribution in [1.29, 1.82) is 0 Å². The lowest BCUT2D eigenvalue weighted by molar-refractivity contribution is 0.0946. The predicted molar refractivity (Wildman–Crippen MR) is 92.5 cm³/mol. The smallest absolute Gasteiger partial charge is 0.251 e. The lowest BCUT2D eigenvalue weighted by atomic mass is 9.92. The average molecular weight is 392 g/mol. The minimum atomic E-state index is 0.0377. The Kier molecular flexibility index (Phi) is 4.26. The van der Waals surface area contributed by atoms with Gasteiger partial charge in [0.15, 0.2) is 0 Å². The van der Waals surface area contributed by atoms with E-state index in [2.05, 4.69) is 57.5 Å². The van der Waals surface area contributed by atoms with Crippen LogP contribution in [-0.2, 0) is 6.42 Å². The third-order valence-corrected chi connectivity index (χ3v) is 4.88. The molecule has 2 N–H and O–H groups in total. The number of fused-ring (bicyclic) bond motifs is 1. The van der Waals surface area contributed by atoms with E-state index in [1.807, 2.05) is 25.2 Å². The Labute approximate surface area is 138 Å². The maximum Gasteiger partial charge on any atom is 0.251 e. The van der Waals surface area contributed by atoms with E-state index in [0.29, 0.717) is 0 Å². The molecule has 108 valence electrons. The second-order valence-electron chi connectivity index (χ2n) is 5.17. The van der Waals surface area contributed by atoms with Crippen LogP contribution < -0.4 is 10.6 Å². The Balaban J connectivity index is 2.04. The largest absolute Gasteiger partial charge is 0.352 e. The molecule has 1 amide bonds. The molecule has 1 heterocycles. The molecule has 1 aliphatic heterocycles. The molecule has 0 bridgehead atoms. The highest BCUT2D eigenvalue weighted by Crippen LogP contribution is 2.28. The highest BCUT2D eigenvalue weighted by Gasteiger charge is 2.20. The number of carbonyl (C=O) groups is 1. The highest BCUT2D eigenvalue weighted by molar-refractivity contribution is 14.1. The van der Waals surface area contributed by atoms with Gasteiger partial charge in [-0.2, -0.15) is 0 Å². The number of amides is 1. The van der Waals surface area contributed by atoms with Crippen molar-refractivity contribution in [3.63, 3.8) is 0 Å². The molecule has 0 aliphatic carbocycles. The Hall–Kier alpha value is -1.40. The number of carbonyl (C=O) groups excluding carboxylic acids is 1. The van der Waals surface area contributed by atoms with Crippen LogP contribution in [0.25, 0.3) is 0 Å². The van der Waals surface area contributed by atoms with Crippen LogP contribution in [-0.4, -0.2) is 19.5 Å². The second kappa shape index (κ2) is 6.15. The summed E-state index contributed by atoms with van der Waals surface area (Å²) >= 11 is 2.35. The molecule has 21 heavy (non-hydrogen) atoms. The van der Waals surface area contributed by atoms with Gasteiger partial charge in [0, 0.05) is 15.7 Å². The summed E-state index contributed by atoms with van der Waals surface area (Å²) in [6.07, 6.45) is 0.911. The van der Waals surface area contributed by atoms with E-state index in [4.69, 9.17) is 0 Å². The van der Waals surface area contributed by atoms with Gasteiger partial charge in [0.2, 0.25) is 0 Å². The zero-order chi connectivity index (χ0) is 14.8. The first kappa shape index (κ1) is 14.5. The first-order chi connectivity index (χ1) is 10.2. The molecule has 0 fully saturated rings. The van der Waals surface area contributed by atoms with Crippen LogP contribution in [0.1, 0.15) is 33.1 Å². The number of halogens is 1. The van der Waals surface area contributed by atoms with Crippen molar-refractivity contribution in [3.8, 4) is 0 Å². The van der Waals surface area contributed by atoms with Gasteiger partial charge in [-0.15, -0.1) is 0 Å². The fraction of sp³-hybridized carbons (Fsp3) is 0.235. The molecule has 3 nitrogen and oxygen atoms in total. The third-order valence-electron chi connectivity index (χ3n) is 3.90. The van der Waals surface area contributed by atoms with Crippen molar-refractivity contribution < 1.29 is 4.79 Å². The minimum absolute atomic E-state index is 0.0377. The lowest BCUT2D eigenvalue weighted by Crippen LogP contribution is -2.32. The van der Waals surface area contributed by atoms with Crippen LogP contribution in [0.3, 0.4) is 0 Å². The number of hydrogen-bond donors (Lipinski definition) is 2. The fourth-order valence-electron chi connectivity index (χ4n) is 2.82. The third kappa shape index (κ3) is 2.82. The molecule has 0 aromatic heterocycles. The monoisotopic (exact) mass is 392 g/mol. The standard InChI is InChI=1S/C17H17IN2O/c1-19-16(13-4-2-3-5-15(13)18)12-7-6-11-8-9-20-17(21)14(11)10-12/h2-7,10,16,19H,8-9H2,1H3,(H,20,21). The fourth-order valence-corrected chi connectivity index (χ4v) is 3.52. The number of hydrogen-bond acceptors (Lipinski definition) is 2. The summed E-state index contributed by atoms with van der Waals surface area (Å²) in [5.41, 5.74) is 4.30. The van der Waals surface area contributed by atoms with Gasteiger partial charge < -0.3 is 10.6 Å². The molecule has 0 saturated heterocycles. The lowest BCUT2D eigenvalue weighted by Gasteiger charge is -2.22. The summed E-state index contributed by atoms with van der Waals surface area (Å²) in [5.74, 6) is 0.0377. The summed E-state index contributed by atoms with van der Waals surface area (Å²) in [7, 11) is 1.95. The molecule has 0 saturated carbocycles. The molecule has 4 heteroatoms. The number of rotatable bonds is 3. The van der Waals surface area contributed by atoms with Gasteiger partial charge in [0.1, 0.15) is 0 Å². The van der Waals surface area contributed by atoms with Gasteiger partial charge in [0.05, 0.1) is 6.04 Å². The molecule has 2 aromatic carbocycles. The summed E-state index contributed by atoms with van der Waals surface area (Å²) in [6.45, 7) is 0.733. The maximum absolute atomic E-state index is 12.0. The topological polar surface area (TPSA) is 41.1 Å². The van der Waals surface area contributed by atoms with Gasteiger partial charge in [0.25, 0.3) is 5.91 Å². The number of benzene rings is 2. The van der Waals surface area contributed by atoms with Crippen molar-refractivity contribution >= 4 is 28.5 Å².